The number of hydrogen-bond acceptors (Lipinski definition) is 6. The summed E-state index contributed by atoms with van der Waals surface area (Å²) in [5, 5.41) is 12.7. The lowest BCUT2D eigenvalue weighted by Crippen LogP contribution is -2.55. The normalized spacial score (nSPS) is 18.4. The third-order valence-electron chi connectivity index (χ3n) is 9.34. The average Bonchev–Trinajstić information content (AvgIpc) is 3.34. The van der Waals surface area contributed by atoms with Crippen LogP contribution >= 0.6 is 0 Å². The van der Waals surface area contributed by atoms with E-state index in [1.807, 2.05) is 20.9 Å². The van der Waals surface area contributed by atoms with Crippen LogP contribution in [0.1, 0.15) is 90.2 Å². The number of anilines is 2. The molecule has 3 N–H and O–H groups in total. The Morgan fingerprint density at radius 1 is 0.935 bits per heavy atom. The fraction of sp³-hybridized carbons (Fsp3) is 0.618. The first kappa shape index (κ1) is 35.1. The number of nitrogens with one attached hydrogen (secondary N) is 3. The zero-order chi connectivity index (χ0) is 33.4. The monoisotopic (exact) mass is 639 g/mol. The van der Waals surface area contributed by atoms with E-state index in [1.165, 1.54) is 12.1 Å². The van der Waals surface area contributed by atoms with Crippen molar-refractivity contribution < 1.29 is 23.6 Å². The molecular formula is C34H50FN7O4. The Labute approximate surface area is 271 Å². The van der Waals surface area contributed by atoms with Gasteiger partial charge in [0, 0.05) is 50.6 Å². The molecule has 252 valence electrons. The van der Waals surface area contributed by atoms with Crippen molar-refractivity contribution >= 4 is 35.1 Å². The van der Waals surface area contributed by atoms with E-state index in [0.29, 0.717) is 24.5 Å². The Kier molecular flexibility index (Phi) is 12.3. The van der Waals surface area contributed by atoms with Crippen molar-refractivity contribution in [1.29, 1.82) is 0 Å². The van der Waals surface area contributed by atoms with Crippen LogP contribution in [-0.4, -0.2) is 82.5 Å². The molecule has 46 heavy (non-hydrogen) atoms. The predicted octanol–water partition coefficient (Wildman–Crippen LogP) is 4.54. The maximum atomic E-state index is 15.7. The minimum atomic E-state index is -1.01. The largest absolute Gasteiger partial charge is 0.344 e. The number of hydrogen-bond donors (Lipinski definition) is 3. The number of likely N-dealkylation sites (N-methyl/N-ethyl adjacent to an activating group) is 1. The molecular weight excluding hydrogens is 589 g/mol. The molecule has 2 fully saturated rings. The lowest BCUT2D eigenvalue weighted by Gasteiger charge is -2.36. The van der Waals surface area contributed by atoms with Crippen molar-refractivity contribution in [3.05, 3.63) is 41.8 Å². The first-order valence-electron chi connectivity index (χ1n) is 16.7. The fourth-order valence-electron chi connectivity index (χ4n) is 6.44. The number of piperazine rings is 1. The van der Waals surface area contributed by atoms with Gasteiger partial charge >= 0.3 is 0 Å². The number of benzene rings is 1. The van der Waals surface area contributed by atoms with Crippen LogP contribution in [-0.2, 0) is 19.2 Å². The first-order valence-corrected chi connectivity index (χ1v) is 16.7. The van der Waals surface area contributed by atoms with E-state index in [4.69, 9.17) is 0 Å². The van der Waals surface area contributed by atoms with Crippen molar-refractivity contribution in [1.82, 2.24) is 24.9 Å². The van der Waals surface area contributed by atoms with Gasteiger partial charge in [-0.25, -0.2) is 9.07 Å². The molecule has 0 radical (unpaired) electrons. The summed E-state index contributed by atoms with van der Waals surface area (Å²) in [6.07, 6.45) is 7.25. The number of nitrogens with zero attached hydrogens (tertiary/aromatic N) is 4. The van der Waals surface area contributed by atoms with Gasteiger partial charge in [-0.2, -0.15) is 5.10 Å². The Hall–Kier alpha value is -3.80. The van der Waals surface area contributed by atoms with Gasteiger partial charge in [-0.3, -0.25) is 19.2 Å². The molecule has 1 aromatic heterocycles. The summed E-state index contributed by atoms with van der Waals surface area (Å²) in [6.45, 7) is 9.98. The SMILES string of the molecule is CCC(=O)N[C@@H](C(=O)N1CCN(C)CC1)[C@@H](C)c1ccc(NC(=O)[C@@H](C(=O)Nc2ccnn2C(C)C)C2CCCCCC2)c(F)c1. The van der Waals surface area contributed by atoms with Crippen molar-refractivity contribution in [2.45, 2.75) is 90.6 Å². The minimum absolute atomic E-state index is 0.0113. The second-order valence-electron chi connectivity index (χ2n) is 13.0. The summed E-state index contributed by atoms with van der Waals surface area (Å²) in [4.78, 5) is 57.3. The molecule has 2 aromatic rings. The standard InChI is InChI=1S/C34H50FN7O4/c1-6-29(43)39-31(34(46)41-19-17-40(5)18-20-41)23(4)25-13-14-27(26(35)21-25)37-32(44)30(24-11-9-7-8-10-12-24)33(45)38-28-15-16-36-42(28)22(2)3/h13-16,21-24,30-31H,6-12,17-20H2,1-5H3,(H,37,44)(H,38,45)(H,39,43)/t23-,30-,31+/m0/s1. The molecule has 3 atom stereocenters. The Bertz CT molecular complexity index is 1360. The first-order chi connectivity index (χ1) is 22.0. The second-order valence-corrected chi connectivity index (χ2v) is 13.0. The molecule has 1 aromatic carbocycles. The van der Waals surface area contributed by atoms with Gasteiger partial charge in [-0.05, 0) is 57.4 Å². The third kappa shape index (κ3) is 8.71. The molecule has 4 amide bonds. The molecule has 0 spiro atoms. The quantitative estimate of drug-likeness (QED) is 0.245. The molecule has 1 aliphatic heterocycles. The summed E-state index contributed by atoms with van der Waals surface area (Å²) in [7, 11) is 2.00. The Morgan fingerprint density at radius 3 is 2.20 bits per heavy atom. The summed E-state index contributed by atoms with van der Waals surface area (Å²) < 4.78 is 17.3. The number of aromatic nitrogens is 2. The van der Waals surface area contributed by atoms with Crippen LogP contribution < -0.4 is 16.0 Å². The van der Waals surface area contributed by atoms with Crippen molar-refractivity contribution in [2.75, 3.05) is 43.9 Å². The van der Waals surface area contributed by atoms with Crippen LogP contribution in [0.15, 0.2) is 30.5 Å². The average molecular weight is 640 g/mol. The fourth-order valence-corrected chi connectivity index (χ4v) is 6.44. The molecule has 1 aliphatic carbocycles. The number of carbonyl (C=O) groups is 4. The van der Waals surface area contributed by atoms with E-state index >= 15 is 4.39 Å². The van der Waals surface area contributed by atoms with Crippen molar-refractivity contribution in [3.63, 3.8) is 0 Å². The highest BCUT2D eigenvalue weighted by molar-refractivity contribution is 6.11. The van der Waals surface area contributed by atoms with Gasteiger partial charge in [0.05, 0.1) is 11.9 Å². The molecule has 1 saturated carbocycles. The highest BCUT2D eigenvalue weighted by atomic mass is 19.1. The zero-order valence-corrected chi connectivity index (χ0v) is 27.9. The van der Waals surface area contributed by atoms with Gasteiger partial charge in [-0.15, -0.1) is 0 Å². The topological polar surface area (TPSA) is 129 Å². The Balaban J connectivity index is 1.53. The van der Waals surface area contributed by atoms with E-state index in [1.54, 1.807) is 41.8 Å². The predicted molar refractivity (Wildman–Crippen MR) is 176 cm³/mol. The molecule has 4 rings (SSSR count). The lowest BCUT2D eigenvalue weighted by atomic mass is 9.84. The van der Waals surface area contributed by atoms with Gasteiger partial charge in [0.15, 0.2) is 0 Å². The van der Waals surface area contributed by atoms with Crippen LogP contribution in [0.25, 0.3) is 0 Å². The van der Waals surface area contributed by atoms with Gasteiger partial charge in [0.25, 0.3) is 0 Å². The van der Waals surface area contributed by atoms with Crippen LogP contribution in [0.4, 0.5) is 15.9 Å². The zero-order valence-electron chi connectivity index (χ0n) is 27.9. The van der Waals surface area contributed by atoms with Crippen molar-refractivity contribution in [2.24, 2.45) is 11.8 Å². The Morgan fingerprint density at radius 2 is 1.59 bits per heavy atom. The van der Waals surface area contributed by atoms with E-state index < -0.39 is 35.5 Å². The van der Waals surface area contributed by atoms with Crippen LogP contribution in [0.2, 0.25) is 0 Å². The number of carbonyl (C=O) groups excluding carboxylic acids is 4. The highest BCUT2D eigenvalue weighted by Gasteiger charge is 2.37. The molecule has 12 heteroatoms. The van der Waals surface area contributed by atoms with E-state index in [9.17, 15) is 19.2 Å². The molecule has 2 heterocycles. The van der Waals surface area contributed by atoms with Crippen molar-refractivity contribution in [3.8, 4) is 0 Å². The highest BCUT2D eigenvalue weighted by Crippen LogP contribution is 2.32. The molecule has 1 saturated heterocycles. The summed E-state index contributed by atoms with van der Waals surface area (Å²) in [5.74, 6) is -3.34. The summed E-state index contributed by atoms with van der Waals surface area (Å²) in [5.41, 5.74) is 0.471. The third-order valence-corrected chi connectivity index (χ3v) is 9.34. The van der Waals surface area contributed by atoms with Gasteiger partial charge in [0.1, 0.15) is 23.6 Å². The van der Waals surface area contributed by atoms with Crippen LogP contribution in [0, 0.1) is 17.7 Å². The number of amides is 4. The van der Waals surface area contributed by atoms with E-state index in [2.05, 4.69) is 25.9 Å². The van der Waals surface area contributed by atoms with Crippen LogP contribution in [0.3, 0.4) is 0 Å². The van der Waals surface area contributed by atoms with Gasteiger partial charge in [0.2, 0.25) is 23.6 Å². The second kappa shape index (κ2) is 16.2. The number of halogens is 1. The van der Waals surface area contributed by atoms with E-state index in [0.717, 1.165) is 51.6 Å². The summed E-state index contributed by atoms with van der Waals surface area (Å²) >= 11 is 0. The number of rotatable bonds is 11. The van der Waals surface area contributed by atoms with Gasteiger partial charge in [-0.1, -0.05) is 45.6 Å². The minimum Gasteiger partial charge on any atom is -0.344 e. The lowest BCUT2D eigenvalue weighted by molar-refractivity contribution is -0.138. The molecule has 11 nitrogen and oxygen atoms in total. The molecule has 0 bridgehead atoms. The smallest absolute Gasteiger partial charge is 0.245 e. The maximum absolute atomic E-state index is 15.7. The summed E-state index contributed by atoms with van der Waals surface area (Å²) in [6, 6.07) is 5.27. The maximum Gasteiger partial charge on any atom is 0.245 e. The van der Waals surface area contributed by atoms with E-state index in [-0.39, 0.29) is 35.9 Å². The molecule has 2 aliphatic rings. The van der Waals surface area contributed by atoms with Gasteiger partial charge < -0.3 is 25.8 Å². The van der Waals surface area contributed by atoms with Crippen LogP contribution in [0.5, 0.6) is 0 Å². The molecule has 0 unspecified atom stereocenters.